The van der Waals surface area contributed by atoms with Crippen LogP contribution in [-0.4, -0.2) is 53.4 Å². The lowest BCUT2D eigenvalue weighted by Crippen LogP contribution is -2.37. The van der Waals surface area contributed by atoms with E-state index in [0.717, 1.165) is 55.1 Å². The van der Waals surface area contributed by atoms with E-state index in [2.05, 4.69) is 43.4 Å². The number of ether oxygens (including phenoxy) is 1. The Morgan fingerprint density at radius 3 is 2.45 bits per heavy atom. The zero-order valence-electron chi connectivity index (χ0n) is 16.1. The number of hydrogen-bond acceptors (Lipinski definition) is 4. The summed E-state index contributed by atoms with van der Waals surface area (Å²) < 4.78 is 8.04. The molecular weight excluding hydrogens is 432 g/mol. The molecule has 1 N–H and O–H groups in total. The maximum Gasteiger partial charge on any atom is 0.255 e. The average molecular weight is 455 g/mol. The third-order valence-electron chi connectivity index (χ3n) is 4.98. The van der Waals surface area contributed by atoms with Gasteiger partial charge >= 0.3 is 0 Å². The van der Waals surface area contributed by atoms with Gasteiger partial charge in [-0.15, -0.1) is 0 Å². The first-order chi connectivity index (χ1) is 14.2. The van der Waals surface area contributed by atoms with Crippen molar-refractivity contribution in [2.24, 2.45) is 0 Å². The minimum absolute atomic E-state index is 0.126. The highest BCUT2D eigenvalue weighted by Gasteiger charge is 2.10. The number of benzene rings is 2. The van der Waals surface area contributed by atoms with Crippen LogP contribution >= 0.6 is 15.9 Å². The van der Waals surface area contributed by atoms with Gasteiger partial charge in [-0.2, -0.15) is 5.10 Å². The van der Waals surface area contributed by atoms with Crippen molar-refractivity contribution in [1.82, 2.24) is 14.7 Å². The summed E-state index contributed by atoms with van der Waals surface area (Å²) in [5, 5.41) is 7.20. The number of halogens is 1. The standard InChI is InChI=1S/C22H23BrN4O2/c23-19-15-24-27(16-19)21-7-3-18(4-8-21)22(28)25-20-5-1-17(2-6-20)9-10-26-11-13-29-14-12-26/h1-8,15-16H,9-14H2,(H,25,28). The van der Waals surface area contributed by atoms with Gasteiger partial charge in [0.1, 0.15) is 0 Å². The summed E-state index contributed by atoms with van der Waals surface area (Å²) in [5.41, 5.74) is 3.57. The molecule has 3 aromatic rings. The third kappa shape index (κ3) is 5.32. The normalized spacial score (nSPS) is 14.7. The average Bonchev–Trinajstić information content (AvgIpc) is 3.20. The number of nitrogens with zero attached hydrogens (tertiary/aromatic N) is 3. The lowest BCUT2D eigenvalue weighted by molar-refractivity contribution is 0.0384. The van der Waals surface area contributed by atoms with Crippen molar-refractivity contribution in [1.29, 1.82) is 0 Å². The molecule has 6 nitrogen and oxygen atoms in total. The van der Waals surface area contributed by atoms with Gasteiger partial charge in [-0.1, -0.05) is 12.1 Å². The van der Waals surface area contributed by atoms with Crippen molar-refractivity contribution in [3.05, 3.63) is 76.5 Å². The van der Waals surface area contributed by atoms with Gasteiger partial charge in [0.05, 0.1) is 29.6 Å². The quantitative estimate of drug-likeness (QED) is 0.615. The SMILES string of the molecule is O=C(Nc1ccc(CCN2CCOCC2)cc1)c1ccc(-n2cc(Br)cn2)cc1. The van der Waals surface area contributed by atoms with Crippen molar-refractivity contribution in [2.75, 3.05) is 38.2 Å². The summed E-state index contributed by atoms with van der Waals surface area (Å²) in [4.78, 5) is 14.9. The maximum absolute atomic E-state index is 12.5. The summed E-state index contributed by atoms with van der Waals surface area (Å²) in [7, 11) is 0. The van der Waals surface area contributed by atoms with E-state index in [9.17, 15) is 4.79 Å². The van der Waals surface area contributed by atoms with Gasteiger partial charge < -0.3 is 10.1 Å². The minimum atomic E-state index is -0.126. The van der Waals surface area contributed by atoms with E-state index < -0.39 is 0 Å². The van der Waals surface area contributed by atoms with Crippen LogP contribution in [0.25, 0.3) is 5.69 Å². The molecule has 29 heavy (non-hydrogen) atoms. The Balaban J connectivity index is 1.32. The van der Waals surface area contributed by atoms with Gasteiger partial charge in [-0.25, -0.2) is 4.68 Å². The van der Waals surface area contributed by atoms with E-state index in [0.29, 0.717) is 5.56 Å². The van der Waals surface area contributed by atoms with Crippen molar-refractivity contribution in [3.8, 4) is 5.69 Å². The number of anilines is 1. The number of morpholine rings is 1. The predicted molar refractivity (Wildman–Crippen MR) is 117 cm³/mol. The molecule has 2 heterocycles. The second-order valence-electron chi connectivity index (χ2n) is 7.01. The molecule has 1 amide bonds. The molecular formula is C22H23BrN4O2. The van der Waals surface area contributed by atoms with Gasteiger partial charge in [-0.05, 0) is 64.3 Å². The Hall–Kier alpha value is -2.48. The van der Waals surface area contributed by atoms with Gasteiger partial charge in [0.25, 0.3) is 5.91 Å². The molecule has 0 radical (unpaired) electrons. The fraction of sp³-hybridized carbons (Fsp3) is 0.273. The van der Waals surface area contributed by atoms with E-state index in [1.807, 2.05) is 30.5 Å². The number of aromatic nitrogens is 2. The number of rotatable bonds is 6. The van der Waals surface area contributed by atoms with Gasteiger partial charge in [0.2, 0.25) is 0 Å². The van der Waals surface area contributed by atoms with Crippen LogP contribution in [0, 0.1) is 0 Å². The first-order valence-electron chi connectivity index (χ1n) is 9.68. The summed E-state index contributed by atoms with van der Waals surface area (Å²) in [6.45, 7) is 4.69. The Kier molecular flexibility index (Phi) is 6.39. The lowest BCUT2D eigenvalue weighted by Gasteiger charge is -2.26. The number of carbonyl (C=O) groups is 1. The molecule has 0 bridgehead atoms. The number of carbonyl (C=O) groups excluding carboxylic acids is 1. The Morgan fingerprint density at radius 1 is 1.07 bits per heavy atom. The molecule has 1 aliphatic heterocycles. The highest BCUT2D eigenvalue weighted by Crippen LogP contribution is 2.16. The number of hydrogen-bond donors (Lipinski definition) is 1. The fourth-order valence-corrected chi connectivity index (χ4v) is 3.56. The second-order valence-corrected chi connectivity index (χ2v) is 7.92. The molecule has 2 aromatic carbocycles. The largest absolute Gasteiger partial charge is 0.379 e. The van der Waals surface area contributed by atoms with Crippen molar-refractivity contribution in [3.63, 3.8) is 0 Å². The van der Waals surface area contributed by atoms with E-state index in [-0.39, 0.29) is 5.91 Å². The summed E-state index contributed by atoms with van der Waals surface area (Å²) >= 11 is 3.38. The second kappa shape index (κ2) is 9.35. The van der Waals surface area contributed by atoms with Crippen LogP contribution in [0.5, 0.6) is 0 Å². The molecule has 0 spiro atoms. The topological polar surface area (TPSA) is 59.4 Å². The Labute approximate surface area is 178 Å². The molecule has 1 aliphatic rings. The highest BCUT2D eigenvalue weighted by atomic mass is 79.9. The Morgan fingerprint density at radius 2 is 1.79 bits per heavy atom. The monoisotopic (exact) mass is 454 g/mol. The fourth-order valence-electron chi connectivity index (χ4n) is 3.28. The molecule has 0 atom stereocenters. The van der Waals surface area contributed by atoms with E-state index in [1.54, 1.807) is 23.0 Å². The number of amides is 1. The molecule has 1 saturated heterocycles. The molecule has 1 fully saturated rings. The molecule has 1 aromatic heterocycles. The van der Waals surface area contributed by atoms with Gasteiger partial charge in [-0.3, -0.25) is 9.69 Å². The molecule has 0 unspecified atom stereocenters. The number of nitrogens with one attached hydrogen (secondary N) is 1. The van der Waals surface area contributed by atoms with Crippen LogP contribution in [0.2, 0.25) is 0 Å². The van der Waals surface area contributed by atoms with Crippen LogP contribution in [0.3, 0.4) is 0 Å². The van der Waals surface area contributed by atoms with Crippen molar-refractivity contribution in [2.45, 2.75) is 6.42 Å². The van der Waals surface area contributed by atoms with E-state index in [4.69, 9.17) is 4.74 Å². The van der Waals surface area contributed by atoms with Crippen LogP contribution < -0.4 is 5.32 Å². The third-order valence-corrected chi connectivity index (χ3v) is 5.39. The lowest BCUT2D eigenvalue weighted by atomic mass is 10.1. The zero-order chi connectivity index (χ0) is 20.1. The predicted octanol–water partition coefficient (Wildman–Crippen LogP) is 3.76. The van der Waals surface area contributed by atoms with Gasteiger partial charge in [0.15, 0.2) is 0 Å². The van der Waals surface area contributed by atoms with Crippen LogP contribution in [0.15, 0.2) is 65.4 Å². The molecule has 4 rings (SSSR count). The van der Waals surface area contributed by atoms with E-state index >= 15 is 0 Å². The molecule has 0 aliphatic carbocycles. The summed E-state index contributed by atoms with van der Waals surface area (Å²) in [6.07, 6.45) is 4.60. The first kappa shape index (κ1) is 19.8. The minimum Gasteiger partial charge on any atom is -0.379 e. The smallest absolute Gasteiger partial charge is 0.255 e. The van der Waals surface area contributed by atoms with E-state index in [1.165, 1.54) is 5.56 Å². The summed E-state index contributed by atoms with van der Waals surface area (Å²) in [6, 6.07) is 15.4. The molecule has 7 heteroatoms. The Bertz CT molecular complexity index is 948. The highest BCUT2D eigenvalue weighted by molar-refractivity contribution is 9.10. The van der Waals surface area contributed by atoms with Crippen LogP contribution in [-0.2, 0) is 11.2 Å². The van der Waals surface area contributed by atoms with Crippen molar-refractivity contribution < 1.29 is 9.53 Å². The molecule has 150 valence electrons. The maximum atomic E-state index is 12.5. The van der Waals surface area contributed by atoms with Crippen molar-refractivity contribution >= 4 is 27.5 Å². The zero-order valence-corrected chi connectivity index (χ0v) is 17.6. The summed E-state index contributed by atoms with van der Waals surface area (Å²) in [5.74, 6) is -0.126. The van der Waals surface area contributed by atoms with Gasteiger partial charge in [0, 0.05) is 37.1 Å². The van der Waals surface area contributed by atoms with Crippen LogP contribution in [0.4, 0.5) is 5.69 Å². The first-order valence-corrected chi connectivity index (χ1v) is 10.5. The van der Waals surface area contributed by atoms with Crippen LogP contribution in [0.1, 0.15) is 15.9 Å². The molecule has 0 saturated carbocycles.